The summed E-state index contributed by atoms with van der Waals surface area (Å²) in [5, 5.41) is 142. The van der Waals surface area contributed by atoms with E-state index in [2.05, 4.69) is 34.6 Å². The van der Waals surface area contributed by atoms with Gasteiger partial charge in [0, 0.05) is 16.2 Å². The van der Waals surface area contributed by atoms with Gasteiger partial charge < -0.3 is 109 Å². The molecule has 5 aliphatic carbocycles. The zero-order valence-corrected chi connectivity index (χ0v) is 43.6. The number of hydrogen-bond donors (Lipinski definition) is 13. The molecule has 22 heteroatoms. The van der Waals surface area contributed by atoms with E-state index in [9.17, 15) is 66.4 Å². The van der Waals surface area contributed by atoms with Crippen molar-refractivity contribution in [3.8, 4) is 0 Å². The lowest BCUT2D eigenvalue weighted by molar-refractivity contribution is -0.393. The molecule has 5 aliphatic heterocycles. The molecule has 10 aliphatic rings. The summed E-state index contributed by atoms with van der Waals surface area (Å²) in [5.74, 6) is 0.413. The number of fused-ring (bicyclic) bond motifs is 4. The van der Waals surface area contributed by atoms with E-state index in [4.69, 9.17) is 42.6 Å². The molecule has 13 N–H and O–H groups in total. The summed E-state index contributed by atoms with van der Waals surface area (Å²) in [4.78, 5) is 0. The van der Waals surface area contributed by atoms with Gasteiger partial charge in [-0.25, -0.2) is 0 Å². The maximum absolute atomic E-state index is 12.4. The molecule has 10 fully saturated rings. The zero-order valence-electron chi connectivity index (χ0n) is 43.6. The highest BCUT2D eigenvalue weighted by Gasteiger charge is 2.80. The van der Waals surface area contributed by atoms with Crippen LogP contribution < -0.4 is 0 Å². The van der Waals surface area contributed by atoms with Gasteiger partial charge in [-0.1, -0.05) is 41.5 Å². The minimum Gasteiger partial charge on any atom is -0.396 e. The van der Waals surface area contributed by atoms with Crippen LogP contribution in [0.1, 0.15) is 106 Å². The fourth-order valence-corrected chi connectivity index (χ4v) is 17.4. The maximum atomic E-state index is 12.4. The summed E-state index contributed by atoms with van der Waals surface area (Å²) >= 11 is 0. The number of hydrogen-bond acceptors (Lipinski definition) is 22. The Hall–Kier alpha value is -0.880. The Bertz CT molecular complexity index is 1990. The number of aliphatic hydroxyl groups is 13. The fraction of sp³-hybridized carbons (Fsp3) is 1.00. The second kappa shape index (κ2) is 20.0. The Labute approximate surface area is 432 Å². The van der Waals surface area contributed by atoms with Crippen molar-refractivity contribution in [2.45, 2.75) is 234 Å². The van der Waals surface area contributed by atoms with Crippen LogP contribution in [0.4, 0.5) is 0 Å². The first-order valence-electron chi connectivity index (χ1n) is 27.2. The van der Waals surface area contributed by atoms with Crippen LogP contribution in [0.2, 0.25) is 0 Å². The average Bonchev–Trinajstić information content (AvgIpc) is 3.64. The molecule has 5 heterocycles. The first kappa shape index (κ1) is 56.4. The molecule has 5 saturated heterocycles. The molecule has 0 amide bonds. The summed E-state index contributed by atoms with van der Waals surface area (Å²) in [7, 11) is 0. The van der Waals surface area contributed by atoms with E-state index in [-0.39, 0.29) is 57.0 Å². The Balaban J connectivity index is 0.912. The predicted molar refractivity (Wildman–Crippen MR) is 252 cm³/mol. The van der Waals surface area contributed by atoms with Crippen molar-refractivity contribution >= 4 is 0 Å². The SMILES string of the molecule is CC1(C)CC[C@]23CO[C@@]4(CCC5[C@@]6(C)CCC(O[C@@H]7OC[C@H](O[C@@H]8O[C@H](CO)[C@@H](O)[C@H](O)[C@H]8O[C@@H]8OC[C@@H](O)[C@H](O)[C@H]8O)[C@H](O)[C@H]7O[C@@H]7O[C@H](CO)[C@@H](O)[C@H](O)[C@H]7O)[C@@](C)(CO)C6CC[C@@]5(C)[C@]4(C)C[C@H]2O)C3C1. The Kier molecular flexibility index (Phi) is 15.2. The van der Waals surface area contributed by atoms with Crippen LogP contribution in [0.25, 0.3) is 0 Å². The standard InChI is InChI=1S/C52H86O22/c1-46(2)13-14-51-22-68-52(29(51)15-46)12-8-28-47(3)10-9-31(48(4,21-55)27(47)7-11-49(28,5)50(52,6)16-30(51)57)72-44-40(74-43-39(65)36(62)33(59)24(17-53)69-43)35(61)26(20-67-44)71-45-41(37(63)34(60)25(18-54)70-45)73-42-38(64)32(58)23(56)19-66-42/h23-45,53-65H,7-22H2,1-6H3/t23-,24-,25-,26+,27?,28?,29?,30-,31?,32+,33-,34-,35+,36+,37+,38-,39-,40-,41-,42+,43+,44+,45+,47+,48+,49-,50+,51-,52+/m1/s1. The largest absolute Gasteiger partial charge is 0.396 e. The number of rotatable bonds is 11. The van der Waals surface area contributed by atoms with Gasteiger partial charge in [0.15, 0.2) is 25.2 Å². The Morgan fingerprint density at radius 3 is 1.82 bits per heavy atom. The van der Waals surface area contributed by atoms with Gasteiger partial charge in [0.1, 0.15) is 85.5 Å². The van der Waals surface area contributed by atoms with Gasteiger partial charge in [0.2, 0.25) is 0 Å². The molecule has 0 aromatic heterocycles. The molecule has 0 aromatic carbocycles. The molecule has 29 atom stereocenters. The highest BCUT2D eigenvalue weighted by molar-refractivity contribution is 5.28. The highest BCUT2D eigenvalue weighted by atomic mass is 16.8. The summed E-state index contributed by atoms with van der Waals surface area (Å²) < 4.78 is 55.8. The van der Waals surface area contributed by atoms with Crippen LogP contribution in [0.5, 0.6) is 0 Å². The van der Waals surface area contributed by atoms with E-state index in [1.54, 1.807) is 0 Å². The fourth-order valence-electron chi connectivity index (χ4n) is 17.4. The van der Waals surface area contributed by atoms with Gasteiger partial charge in [-0.15, -0.1) is 0 Å². The first-order chi connectivity index (χ1) is 34.8. The van der Waals surface area contributed by atoms with Crippen LogP contribution >= 0.6 is 0 Å². The van der Waals surface area contributed by atoms with Gasteiger partial charge in [-0.2, -0.15) is 0 Å². The number of aliphatic hydroxyl groups excluding tert-OH is 13. The normalized spacial score (nSPS) is 58.2. The van der Waals surface area contributed by atoms with Gasteiger partial charge in [-0.05, 0) is 98.2 Å². The maximum Gasteiger partial charge on any atom is 0.187 e. The highest BCUT2D eigenvalue weighted by Crippen LogP contribution is 2.80. The molecular formula is C52H86O22. The molecule has 22 nitrogen and oxygen atoms in total. The third-order valence-electron chi connectivity index (χ3n) is 22.0. The molecule has 2 bridgehead atoms. The van der Waals surface area contributed by atoms with Gasteiger partial charge in [0.25, 0.3) is 0 Å². The minimum absolute atomic E-state index is 0.0627. The molecular weight excluding hydrogens is 977 g/mol. The van der Waals surface area contributed by atoms with E-state index in [0.717, 1.165) is 44.9 Å². The van der Waals surface area contributed by atoms with Crippen molar-refractivity contribution in [2.75, 3.05) is 39.6 Å². The first-order valence-corrected chi connectivity index (χ1v) is 27.2. The third-order valence-corrected chi connectivity index (χ3v) is 22.0. The second-order valence-corrected chi connectivity index (χ2v) is 26.0. The van der Waals surface area contributed by atoms with E-state index >= 15 is 0 Å². The monoisotopic (exact) mass is 1060 g/mol. The lowest BCUT2D eigenvalue weighted by atomic mass is 9.30. The third kappa shape index (κ3) is 8.39. The van der Waals surface area contributed by atoms with E-state index in [1.165, 1.54) is 0 Å². The summed E-state index contributed by atoms with van der Waals surface area (Å²) in [5.41, 5.74) is -2.12. The van der Waals surface area contributed by atoms with E-state index in [0.29, 0.717) is 25.9 Å². The lowest BCUT2D eigenvalue weighted by Gasteiger charge is -2.75. The van der Waals surface area contributed by atoms with Crippen molar-refractivity contribution in [2.24, 2.45) is 50.2 Å². The van der Waals surface area contributed by atoms with Crippen molar-refractivity contribution < 1.29 is 109 Å². The predicted octanol–water partition coefficient (Wildman–Crippen LogP) is -2.10. The lowest BCUT2D eigenvalue weighted by Crippen LogP contribution is -2.74. The molecule has 4 unspecified atom stereocenters. The zero-order chi connectivity index (χ0) is 53.5. The van der Waals surface area contributed by atoms with Gasteiger partial charge in [-0.3, -0.25) is 0 Å². The molecule has 426 valence electrons. The van der Waals surface area contributed by atoms with Crippen LogP contribution in [-0.4, -0.2) is 234 Å². The second-order valence-electron chi connectivity index (χ2n) is 26.0. The summed E-state index contributed by atoms with van der Waals surface area (Å²) in [6.07, 6.45) is -23.2. The quantitative estimate of drug-likeness (QED) is 0.0986. The molecule has 0 aromatic rings. The average molecular weight is 1060 g/mol. The van der Waals surface area contributed by atoms with Crippen LogP contribution in [0, 0.1) is 50.2 Å². The molecule has 0 radical (unpaired) electrons. The Morgan fingerprint density at radius 2 is 1.14 bits per heavy atom. The summed E-state index contributed by atoms with van der Waals surface area (Å²) in [6, 6.07) is 0. The van der Waals surface area contributed by atoms with Crippen molar-refractivity contribution in [3.63, 3.8) is 0 Å². The van der Waals surface area contributed by atoms with Crippen LogP contribution in [0.15, 0.2) is 0 Å². The number of ether oxygens (including phenoxy) is 9. The van der Waals surface area contributed by atoms with E-state index in [1.807, 2.05) is 6.92 Å². The molecule has 1 spiro atoms. The molecule has 5 saturated carbocycles. The van der Waals surface area contributed by atoms with Crippen molar-refractivity contribution in [3.05, 3.63) is 0 Å². The molecule has 10 rings (SSSR count). The Morgan fingerprint density at radius 1 is 0.514 bits per heavy atom. The van der Waals surface area contributed by atoms with Gasteiger partial charge in [0.05, 0.1) is 57.5 Å². The van der Waals surface area contributed by atoms with Crippen LogP contribution in [0.3, 0.4) is 0 Å². The van der Waals surface area contributed by atoms with Crippen LogP contribution in [-0.2, 0) is 42.6 Å². The smallest absolute Gasteiger partial charge is 0.187 e. The summed E-state index contributed by atoms with van der Waals surface area (Å²) in [6.45, 7) is 11.7. The van der Waals surface area contributed by atoms with Gasteiger partial charge >= 0.3 is 0 Å². The molecule has 74 heavy (non-hydrogen) atoms. The van der Waals surface area contributed by atoms with Crippen molar-refractivity contribution in [1.29, 1.82) is 0 Å². The topological polar surface area (TPSA) is 346 Å². The van der Waals surface area contributed by atoms with Crippen molar-refractivity contribution in [1.82, 2.24) is 0 Å². The minimum atomic E-state index is -1.91. The van der Waals surface area contributed by atoms with E-state index < -0.39 is 155 Å².